The first-order chi connectivity index (χ1) is 11.3. The molecule has 0 saturated carbocycles. The van der Waals surface area contributed by atoms with E-state index in [2.05, 4.69) is 36.3 Å². The normalized spacial score (nSPS) is 13.9. The third kappa shape index (κ3) is 2.43. The number of hydrogen-bond acceptors (Lipinski definition) is 4. The molecule has 0 aliphatic heterocycles. The Morgan fingerprint density at radius 3 is 2.87 bits per heavy atom. The van der Waals surface area contributed by atoms with Crippen molar-refractivity contribution in [2.75, 3.05) is 0 Å². The van der Waals surface area contributed by atoms with E-state index in [-0.39, 0.29) is 0 Å². The van der Waals surface area contributed by atoms with Gasteiger partial charge in [0.05, 0.1) is 0 Å². The van der Waals surface area contributed by atoms with Gasteiger partial charge in [-0.3, -0.25) is 0 Å². The summed E-state index contributed by atoms with van der Waals surface area (Å²) >= 11 is 1.59. The number of rotatable bonds is 3. The molecule has 0 amide bonds. The fraction of sp³-hybridized carbons (Fsp3) is 0.389. The van der Waals surface area contributed by atoms with E-state index in [0.717, 1.165) is 40.5 Å². The van der Waals surface area contributed by atoms with Gasteiger partial charge < -0.3 is 0 Å². The van der Waals surface area contributed by atoms with Crippen LogP contribution in [0.3, 0.4) is 0 Å². The number of nitriles is 1. The van der Waals surface area contributed by atoms with Crippen molar-refractivity contribution < 1.29 is 0 Å². The Morgan fingerprint density at radius 1 is 1.26 bits per heavy atom. The van der Waals surface area contributed by atoms with Crippen LogP contribution in [0.2, 0.25) is 0 Å². The molecule has 0 N–H and O–H groups in total. The SMILES string of the molecule is CCCc1nn2c(C#N)c(-c3ccc4c(c3)CCCC4)nc2s1. The maximum Gasteiger partial charge on any atom is 0.214 e. The van der Waals surface area contributed by atoms with E-state index in [1.807, 2.05) is 0 Å². The number of aryl methyl sites for hydroxylation is 3. The molecule has 5 heteroatoms. The Balaban J connectivity index is 1.82. The van der Waals surface area contributed by atoms with Crippen LogP contribution in [0.5, 0.6) is 0 Å². The smallest absolute Gasteiger partial charge is 0.214 e. The van der Waals surface area contributed by atoms with Crippen molar-refractivity contribution in [3.05, 3.63) is 40.0 Å². The summed E-state index contributed by atoms with van der Waals surface area (Å²) in [6, 6.07) is 8.82. The molecular formula is C18H18N4S. The Hall–Kier alpha value is -2.19. The number of benzene rings is 1. The standard InChI is InChI=1S/C18H18N4S/c1-2-5-16-21-22-15(11-19)17(20-18(22)23-16)14-9-8-12-6-3-4-7-13(12)10-14/h8-10H,2-7H2,1H3. The first-order valence-corrected chi connectivity index (χ1v) is 9.02. The number of nitrogens with zero attached hydrogens (tertiary/aromatic N) is 4. The molecule has 1 aromatic carbocycles. The summed E-state index contributed by atoms with van der Waals surface area (Å²) < 4.78 is 1.71. The first kappa shape index (κ1) is 14.4. The summed E-state index contributed by atoms with van der Waals surface area (Å²) in [4.78, 5) is 5.52. The second-order valence-electron chi connectivity index (χ2n) is 6.05. The van der Waals surface area contributed by atoms with Crippen molar-refractivity contribution in [2.45, 2.75) is 45.4 Å². The van der Waals surface area contributed by atoms with E-state index in [9.17, 15) is 5.26 Å². The summed E-state index contributed by atoms with van der Waals surface area (Å²) in [5.74, 6) is 0. The quantitative estimate of drug-likeness (QED) is 0.727. The van der Waals surface area contributed by atoms with E-state index >= 15 is 0 Å². The molecule has 0 saturated heterocycles. The van der Waals surface area contributed by atoms with Crippen LogP contribution in [-0.4, -0.2) is 14.6 Å². The largest absolute Gasteiger partial charge is 0.216 e. The van der Waals surface area contributed by atoms with Gasteiger partial charge in [0, 0.05) is 12.0 Å². The highest BCUT2D eigenvalue weighted by Crippen LogP contribution is 2.30. The zero-order chi connectivity index (χ0) is 15.8. The summed E-state index contributed by atoms with van der Waals surface area (Å²) in [5, 5.41) is 15.2. The maximum absolute atomic E-state index is 9.60. The highest BCUT2D eigenvalue weighted by atomic mass is 32.1. The summed E-state index contributed by atoms with van der Waals surface area (Å²) in [6.07, 6.45) is 6.82. The average Bonchev–Trinajstić information content (AvgIpc) is 3.11. The van der Waals surface area contributed by atoms with Crippen molar-refractivity contribution in [1.82, 2.24) is 14.6 Å². The number of aromatic nitrogens is 3. The fourth-order valence-corrected chi connectivity index (χ4v) is 4.28. The monoisotopic (exact) mass is 322 g/mol. The van der Waals surface area contributed by atoms with Crippen LogP contribution < -0.4 is 0 Å². The molecule has 23 heavy (non-hydrogen) atoms. The molecule has 116 valence electrons. The molecular weight excluding hydrogens is 304 g/mol. The molecule has 0 bridgehead atoms. The molecule has 4 rings (SSSR count). The van der Waals surface area contributed by atoms with Crippen LogP contribution in [0.1, 0.15) is 48.0 Å². The second kappa shape index (κ2) is 5.78. The lowest BCUT2D eigenvalue weighted by atomic mass is 9.90. The van der Waals surface area contributed by atoms with Gasteiger partial charge in [-0.05, 0) is 49.3 Å². The highest BCUT2D eigenvalue weighted by Gasteiger charge is 2.19. The Bertz CT molecular complexity index is 913. The minimum atomic E-state index is 0.550. The van der Waals surface area contributed by atoms with Gasteiger partial charge in [-0.1, -0.05) is 30.4 Å². The van der Waals surface area contributed by atoms with Crippen molar-refractivity contribution in [2.24, 2.45) is 0 Å². The number of hydrogen-bond donors (Lipinski definition) is 0. The van der Waals surface area contributed by atoms with Crippen molar-refractivity contribution in [3.63, 3.8) is 0 Å². The minimum Gasteiger partial charge on any atom is -0.216 e. The van der Waals surface area contributed by atoms with Gasteiger partial charge in [0.1, 0.15) is 16.8 Å². The molecule has 1 aliphatic carbocycles. The summed E-state index contributed by atoms with van der Waals surface area (Å²) in [6.45, 7) is 2.13. The Kier molecular flexibility index (Phi) is 3.62. The number of imidazole rings is 1. The molecule has 0 radical (unpaired) electrons. The Morgan fingerprint density at radius 2 is 2.09 bits per heavy atom. The van der Waals surface area contributed by atoms with Crippen LogP contribution in [0.4, 0.5) is 0 Å². The molecule has 0 atom stereocenters. The maximum atomic E-state index is 9.60. The predicted octanol–water partition coefficient (Wildman–Crippen LogP) is 4.16. The summed E-state index contributed by atoms with van der Waals surface area (Å²) in [5.41, 5.74) is 5.21. The highest BCUT2D eigenvalue weighted by molar-refractivity contribution is 7.16. The van der Waals surface area contributed by atoms with E-state index in [1.165, 1.54) is 30.4 Å². The molecule has 0 spiro atoms. The lowest BCUT2D eigenvalue weighted by molar-refractivity contribution is 0.686. The van der Waals surface area contributed by atoms with Crippen molar-refractivity contribution in [3.8, 4) is 17.3 Å². The van der Waals surface area contributed by atoms with Gasteiger partial charge in [-0.15, -0.1) is 0 Å². The van der Waals surface area contributed by atoms with Gasteiger partial charge in [0.2, 0.25) is 4.96 Å². The third-order valence-corrected chi connectivity index (χ3v) is 5.41. The average molecular weight is 322 g/mol. The van der Waals surface area contributed by atoms with Gasteiger partial charge in [-0.2, -0.15) is 14.9 Å². The van der Waals surface area contributed by atoms with Gasteiger partial charge >= 0.3 is 0 Å². The molecule has 4 nitrogen and oxygen atoms in total. The molecule has 1 aliphatic rings. The lowest BCUT2D eigenvalue weighted by Gasteiger charge is -2.16. The molecule has 2 aromatic heterocycles. The van der Waals surface area contributed by atoms with Crippen LogP contribution >= 0.6 is 11.3 Å². The first-order valence-electron chi connectivity index (χ1n) is 8.21. The molecule has 0 unspecified atom stereocenters. The summed E-state index contributed by atoms with van der Waals surface area (Å²) in [7, 11) is 0. The Labute approximate surface area is 139 Å². The fourth-order valence-electron chi connectivity index (χ4n) is 3.29. The molecule has 0 fully saturated rings. The number of fused-ring (bicyclic) bond motifs is 2. The van der Waals surface area contributed by atoms with E-state index < -0.39 is 0 Å². The zero-order valence-corrected chi connectivity index (χ0v) is 14.0. The predicted molar refractivity (Wildman–Crippen MR) is 91.7 cm³/mol. The van der Waals surface area contributed by atoms with E-state index in [4.69, 9.17) is 4.98 Å². The van der Waals surface area contributed by atoms with Crippen LogP contribution in [-0.2, 0) is 19.3 Å². The van der Waals surface area contributed by atoms with Crippen LogP contribution in [0, 0.1) is 11.3 Å². The van der Waals surface area contributed by atoms with Crippen molar-refractivity contribution in [1.29, 1.82) is 5.26 Å². The van der Waals surface area contributed by atoms with E-state index in [1.54, 1.807) is 15.9 Å². The lowest BCUT2D eigenvalue weighted by Crippen LogP contribution is -2.02. The van der Waals surface area contributed by atoms with Gasteiger partial charge in [-0.25, -0.2) is 4.98 Å². The topological polar surface area (TPSA) is 54.0 Å². The zero-order valence-electron chi connectivity index (χ0n) is 13.2. The van der Waals surface area contributed by atoms with Crippen molar-refractivity contribution >= 4 is 16.3 Å². The van der Waals surface area contributed by atoms with E-state index in [0.29, 0.717) is 5.69 Å². The minimum absolute atomic E-state index is 0.550. The van der Waals surface area contributed by atoms with Crippen LogP contribution in [0.15, 0.2) is 18.2 Å². The molecule has 3 aromatic rings. The van der Waals surface area contributed by atoms with Gasteiger partial charge in [0.25, 0.3) is 0 Å². The second-order valence-corrected chi connectivity index (χ2v) is 7.09. The van der Waals surface area contributed by atoms with Gasteiger partial charge in [0.15, 0.2) is 5.69 Å². The van der Waals surface area contributed by atoms with Crippen LogP contribution in [0.25, 0.3) is 16.2 Å². The molecule has 2 heterocycles. The third-order valence-electron chi connectivity index (χ3n) is 4.44.